The fourth-order valence-corrected chi connectivity index (χ4v) is 4.16. The van der Waals surface area contributed by atoms with E-state index in [1.807, 2.05) is 11.3 Å². The lowest BCUT2D eigenvalue weighted by Gasteiger charge is -2.34. The van der Waals surface area contributed by atoms with Gasteiger partial charge in [-0.2, -0.15) is 0 Å². The molecule has 0 amide bonds. The average molecular weight is 325 g/mol. The molecular weight excluding hydrogens is 302 g/mol. The minimum atomic E-state index is 1.12. The Hall–Kier alpha value is -1.62. The lowest BCUT2D eigenvalue weighted by molar-refractivity contribution is 0.129. The Morgan fingerprint density at radius 1 is 0.957 bits per heavy atom. The van der Waals surface area contributed by atoms with Gasteiger partial charge in [0.1, 0.15) is 0 Å². The van der Waals surface area contributed by atoms with Crippen molar-refractivity contribution >= 4 is 22.2 Å². The maximum Gasteiger partial charge on any atom is 0.0456 e. The zero-order valence-corrected chi connectivity index (χ0v) is 14.2. The summed E-state index contributed by atoms with van der Waals surface area (Å²) < 4.78 is 0. The predicted molar refractivity (Wildman–Crippen MR) is 98.0 cm³/mol. The van der Waals surface area contributed by atoms with Gasteiger partial charge in [-0.15, -0.1) is 11.3 Å². The molecule has 0 aliphatic carbocycles. The summed E-state index contributed by atoms with van der Waals surface area (Å²) in [7, 11) is 0. The maximum atomic E-state index is 3.38. The third-order valence-electron chi connectivity index (χ3n) is 4.80. The van der Waals surface area contributed by atoms with E-state index in [4.69, 9.17) is 0 Å². The Kier molecular flexibility index (Phi) is 4.46. The number of thiophene rings is 1. The Morgan fingerprint density at radius 2 is 1.78 bits per heavy atom. The molecule has 1 aromatic carbocycles. The van der Waals surface area contributed by atoms with E-state index in [1.165, 1.54) is 47.5 Å². The van der Waals surface area contributed by atoms with E-state index in [1.54, 1.807) is 0 Å². The summed E-state index contributed by atoms with van der Waals surface area (Å²) in [5.74, 6) is 0. The highest BCUT2D eigenvalue weighted by atomic mass is 32.1. The Balaban J connectivity index is 1.28. The topological polar surface area (TPSA) is 22.3 Å². The fourth-order valence-electron chi connectivity index (χ4n) is 3.41. The minimum absolute atomic E-state index is 1.12. The lowest BCUT2D eigenvalue weighted by Crippen LogP contribution is -2.46. The molecule has 23 heavy (non-hydrogen) atoms. The van der Waals surface area contributed by atoms with E-state index in [-0.39, 0.29) is 0 Å². The second-order valence-electron chi connectivity index (χ2n) is 6.31. The summed E-state index contributed by atoms with van der Waals surface area (Å²) in [5, 5.41) is 3.55. The first kappa shape index (κ1) is 14.9. The van der Waals surface area contributed by atoms with Crippen LogP contribution in [0.5, 0.6) is 0 Å². The van der Waals surface area contributed by atoms with E-state index in [2.05, 4.69) is 62.8 Å². The summed E-state index contributed by atoms with van der Waals surface area (Å²) in [6.07, 6.45) is 3.31. The van der Waals surface area contributed by atoms with Gasteiger partial charge in [-0.3, -0.25) is 4.90 Å². The second kappa shape index (κ2) is 6.87. The van der Waals surface area contributed by atoms with Gasteiger partial charge in [0.15, 0.2) is 0 Å². The Bertz CT molecular complexity index is 739. The zero-order valence-electron chi connectivity index (χ0n) is 13.4. The molecule has 3 nitrogen and oxygen atoms in total. The number of piperazine rings is 1. The number of hydrogen-bond donors (Lipinski definition) is 1. The number of H-pyrrole nitrogens is 1. The van der Waals surface area contributed by atoms with Crippen LogP contribution in [0.15, 0.2) is 48.0 Å². The van der Waals surface area contributed by atoms with E-state index < -0.39 is 0 Å². The van der Waals surface area contributed by atoms with E-state index >= 15 is 0 Å². The number of fused-ring (bicyclic) bond motifs is 1. The van der Waals surface area contributed by atoms with E-state index in [0.717, 1.165) is 19.5 Å². The number of aromatic nitrogens is 1. The second-order valence-corrected chi connectivity index (χ2v) is 7.34. The highest BCUT2D eigenvalue weighted by Gasteiger charge is 2.17. The zero-order chi connectivity index (χ0) is 15.5. The molecule has 1 aliphatic heterocycles. The van der Waals surface area contributed by atoms with Crippen molar-refractivity contribution in [1.29, 1.82) is 0 Å². The molecule has 1 N–H and O–H groups in total. The molecule has 2 aromatic heterocycles. The largest absolute Gasteiger partial charge is 0.361 e. The van der Waals surface area contributed by atoms with Gasteiger partial charge in [0.05, 0.1) is 0 Å². The van der Waals surface area contributed by atoms with Gasteiger partial charge < -0.3 is 9.88 Å². The highest BCUT2D eigenvalue weighted by Crippen LogP contribution is 2.19. The van der Waals surface area contributed by atoms with Crippen LogP contribution >= 0.6 is 11.3 Å². The molecule has 4 heteroatoms. The van der Waals surface area contributed by atoms with Crippen molar-refractivity contribution in [1.82, 2.24) is 14.8 Å². The molecule has 120 valence electrons. The van der Waals surface area contributed by atoms with Gasteiger partial charge in [-0.05, 0) is 29.5 Å². The predicted octanol–water partition coefficient (Wildman–Crippen LogP) is 3.59. The van der Waals surface area contributed by atoms with Crippen molar-refractivity contribution in [2.45, 2.75) is 13.0 Å². The first-order valence-electron chi connectivity index (χ1n) is 8.40. The fraction of sp³-hybridized carbons (Fsp3) is 0.368. The quantitative estimate of drug-likeness (QED) is 0.774. The standard InChI is InChI=1S/C19H23N3S/c1-2-6-19-18(5-1)16(14-20-19)7-8-21-9-11-22(12-10-21)15-17-4-3-13-23-17/h1-6,13-14,20H,7-12,15H2. The molecule has 1 fully saturated rings. The summed E-state index contributed by atoms with van der Waals surface area (Å²) in [4.78, 5) is 10.0. The van der Waals surface area contributed by atoms with Crippen LogP contribution in [0.1, 0.15) is 10.4 Å². The van der Waals surface area contributed by atoms with Gasteiger partial charge >= 0.3 is 0 Å². The van der Waals surface area contributed by atoms with Gasteiger partial charge in [-0.1, -0.05) is 24.3 Å². The number of nitrogens with zero attached hydrogens (tertiary/aromatic N) is 2. The van der Waals surface area contributed by atoms with Crippen LogP contribution in [0.4, 0.5) is 0 Å². The van der Waals surface area contributed by atoms with E-state index in [0.29, 0.717) is 0 Å². The summed E-state index contributed by atoms with van der Waals surface area (Å²) >= 11 is 1.87. The minimum Gasteiger partial charge on any atom is -0.361 e. The third kappa shape index (κ3) is 3.50. The van der Waals surface area contributed by atoms with Crippen LogP contribution in [0.25, 0.3) is 10.9 Å². The van der Waals surface area contributed by atoms with Crippen LogP contribution < -0.4 is 0 Å². The average Bonchev–Trinajstić information content (AvgIpc) is 3.24. The van der Waals surface area contributed by atoms with Gasteiger partial charge in [0.2, 0.25) is 0 Å². The smallest absolute Gasteiger partial charge is 0.0456 e. The number of hydrogen-bond acceptors (Lipinski definition) is 3. The number of para-hydroxylation sites is 1. The Labute approximate surface area is 141 Å². The molecule has 4 rings (SSSR count). The molecule has 0 atom stereocenters. The van der Waals surface area contributed by atoms with Crippen molar-refractivity contribution < 1.29 is 0 Å². The first-order valence-corrected chi connectivity index (χ1v) is 9.28. The molecule has 1 saturated heterocycles. The molecule has 3 heterocycles. The number of benzene rings is 1. The van der Waals surface area contributed by atoms with E-state index in [9.17, 15) is 0 Å². The van der Waals surface area contributed by atoms with Crippen molar-refractivity contribution in [2.75, 3.05) is 32.7 Å². The lowest BCUT2D eigenvalue weighted by atomic mass is 10.1. The van der Waals surface area contributed by atoms with Crippen LogP contribution in [0.3, 0.4) is 0 Å². The number of rotatable bonds is 5. The molecule has 0 radical (unpaired) electrons. The van der Waals surface area contributed by atoms with Crippen molar-refractivity contribution in [2.24, 2.45) is 0 Å². The number of nitrogens with one attached hydrogen (secondary N) is 1. The summed E-state index contributed by atoms with van der Waals surface area (Å²) in [6, 6.07) is 13.0. The van der Waals surface area contributed by atoms with Crippen LogP contribution in [0, 0.1) is 0 Å². The number of aromatic amines is 1. The monoisotopic (exact) mass is 325 g/mol. The van der Waals surface area contributed by atoms with Crippen LogP contribution in [0.2, 0.25) is 0 Å². The Morgan fingerprint density at radius 3 is 2.61 bits per heavy atom. The van der Waals surface area contributed by atoms with Crippen LogP contribution in [-0.4, -0.2) is 47.5 Å². The first-order chi connectivity index (χ1) is 11.4. The molecule has 1 aliphatic rings. The highest BCUT2D eigenvalue weighted by molar-refractivity contribution is 7.09. The van der Waals surface area contributed by atoms with Crippen molar-refractivity contribution in [3.05, 3.63) is 58.4 Å². The molecule has 3 aromatic rings. The summed E-state index contributed by atoms with van der Waals surface area (Å²) in [6.45, 7) is 7.03. The van der Waals surface area contributed by atoms with Crippen LogP contribution in [-0.2, 0) is 13.0 Å². The maximum absolute atomic E-state index is 3.38. The van der Waals surface area contributed by atoms with Gasteiger partial charge in [0, 0.05) is 61.2 Å². The third-order valence-corrected chi connectivity index (χ3v) is 5.66. The molecule has 0 saturated carbocycles. The van der Waals surface area contributed by atoms with Gasteiger partial charge in [-0.25, -0.2) is 0 Å². The molecule has 0 bridgehead atoms. The van der Waals surface area contributed by atoms with Crippen molar-refractivity contribution in [3.63, 3.8) is 0 Å². The van der Waals surface area contributed by atoms with Gasteiger partial charge in [0.25, 0.3) is 0 Å². The SMILES string of the molecule is c1csc(CN2CCN(CCc3c[nH]c4ccccc34)CC2)c1. The molecular formula is C19H23N3S. The molecule has 0 spiro atoms. The normalized spacial score (nSPS) is 17.0. The molecule has 0 unspecified atom stereocenters. The summed E-state index contributed by atoms with van der Waals surface area (Å²) in [5.41, 5.74) is 2.70. The van der Waals surface area contributed by atoms with Crippen molar-refractivity contribution in [3.8, 4) is 0 Å².